The van der Waals surface area contributed by atoms with Gasteiger partial charge in [0.25, 0.3) is 0 Å². The fourth-order valence-corrected chi connectivity index (χ4v) is 3.70. The molecule has 1 saturated carbocycles. The van der Waals surface area contributed by atoms with Gasteiger partial charge < -0.3 is 11.1 Å². The van der Waals surface area contributed by atoms with Gasteiger partial charge in [0.2, 0.25) is 5.91 Å². The Morgan fingerprint density at radius 1 is 1.14 bits per heavy atom. The van der Waals surface area contributed by atoms with Crippen LogP contribution < -0.4 is 11.1 Å². The van der Waals surface area contributed by atoms with Gasteiger partial charge in [-0.05, 0) is 53.3 Å². The van der Waals surface area contributed by atoms with Crippen molar-refractivity contribution in [2.45, 2.75) is 6.42 Å². The molecule has 3 N–H and O–H groups in total. The number of anilines is 2. The molecule has 140 valence electrons. The zero-order valence-corrected chi connectivity index (χ0v) is 15.5. The molecule has 1 fully saturated rings. The summed E-state index contributed by atoms with van der Waals surface area (Å²) in [6.45, 7) is 0. The van der Waals surface area contributed by atoms with E-state index in [0.717, 1.165) is 32.8 Å². The first-order valence-electron chi connectivity index (χ1n) is 9.38. The molecule has 2 heterocycles. The van der Waals surface area contributed by atoms with E-state index < -0.39 is 0 Å². The molecule has 29 heavy (non-hydrogen) atoms. The van der Waals surface area contributed by atoms with Gasteiger partial charge in [0.1, 0.15) is 5.82 Å². The van der Waals surface area contributed by atoms with Gasteiger partial charge in [-0.3, -0.25) is 9.78 Å². The van der Waals surface area contributed by atoms with Crippen molar-refractivity contribution in [2.24, 2.45) is 11.8 Å². The Hall–Kier alpha value is -3.98. The summed E-state index contributed by atoms with van der Waals surface area (Å²) in [5.41, 5.74) is 9.86. The number of amides is 1. The van der Waals surface area contributed by atoms with Crippen LogP contribution in [0, 0.1) is 23.2 Å². The van der Waals surface area contributed by atoms with E-state index >= 15 is 0 Å². The molecule has 1 aliphatic rings. The SMILES string of the molecule is N#CC1CC1C(=O)Nc1cc2cc(-c3ccnc4ccccc34)cc(N)c2cn1. The second-order valence-electron chi connectivity index (χ2n) is 7.30. The lowest BCUT2D eigenvalue weighted by atomic mass is 9.98. The fourth-order valence-electron chi connectivity index (χ4n) is 3.70. The molecule has 6 nitrogen and oxygen atoms in total. The normalized spacial score (nSPS) is 17.8. The summed E-state index contributed by atoms with van der Waals surface area (Å²) >= 11 is 0. The van der Waals surface area contributed by atoms with Crippen molar-refractivity contribution in [2.75, 3.05) is 11.1 Å². The van der Waals surface area contributed by atoms with E-state index in [1.54, 1.807) is 12.4 Å². The number of nitrogens with two attached hydrogens (primary N) is 1. The summed E-state index contributed by atoms with van der Waals surface area (Å²) in [6, 6.07) is 17.9. The number of aromatic nitrogens is 2. The smallest absolute Gasteiger partial charge is 0.230 e. The Balaban J connectivity index is 1.56. The maximum absolute atomic E-state index is 12.2. The average molecular weight is 379 g/mol. The van der Waals surface area contributed by atoms with E-state index in [0.29, 0.717) is 17.9 Å². The number of benzene rings is 2. The summed E-state index contributed by atoms with van der Waals surface area (Å²) in [6.07, 6.45) is 4.07. The molecule has 0 bridgehead atoms. The Morgan fingerprint density at radius 2 is 2.00 bits per heavy atom. The van der Waals surface area contributed by atoms with Crippen molar-refractivity contribution in [3.05, 3.63) is 60.9 Å². The van der Waals surface area contributed by atoms with E-state index in [2.05, 4.69) is 21.4 Å². The van der Waals surface area contributed by atoms with Gasteiger partial charge in [-0.2, -0.15) is 5.26 Å². The number of para-hydroxylation sites is 1. The number of nitrogens with one attached hydrogen (secondary N) is 1. The number of fused-ring (bicyclic) bond motifs is 2. The molecule has 2 aromatic carbocycles. The highest BCUT2D eigenvalue weighted by Gasteiger charge is 2.43. The summed E-state index contributed by atoms with van der Waals surface area (Å²) in [4.78, 5) is 21.0. The predicted octanol–water partition coefficient (Wildman–Crippen LogP) is 4.13. The first-order chi connectivity index (χ1) is 14.1. The van der Waals surface area contributed by atoms with Gasteiger partial charge >= 0.3 is 0 Å². The molecule has 2 aromatic heterocycles. The van der Waals surface area contributed by atoms with Crippen LogP contribution >= 0.6 is 0 Å². The lowest BCUT2D eigenvalue weighted by Crippen LogP contribution is -2.15. The van der Waals surface area contributed by atoms with Crippen LogP contribution in [0.4, 0.5) is 11.5 Å². The molecule has 0 spiro atoms. The number of rotatable bonds is 3. The molecule has 0 saturated heterocycles. The minimum atomic E-state index is -0.239. The molecule has 6 heteroatoms. The Labute approximate surface area is 167 Å². The van der Waals surface area contributed by atoms with Crippen LogP contribution in [0.25, 0.3) is 32.8 Å². The van der Waals surface area contributed by atoms with E-state index in [9.17, 15) is 4.79 Å². The summed E-state index contributed by atoms with van der Waals surface area (Å²) in [7, 11) is 0. The topological polar surface area (TPSA) is 105 Å². The Kier molecular flexibility index (Phi) is 3.88. The number of nitrogens with zero attached hydrogens (tertiary/aromatic N) is 3. The van der Waals surface area contributed by atoms with Gasteiger partial charge in [0.05, 0.1) is 23.4 Å². The Bertz CT molecular complexity index is 1320. The van der Waals surface area contributed by atoms with Gasteiger partial charge in [0.15, 0.2) is 0 Å². The number of carbonyl (C=O) groups excluding carboxylic acids is 1. The molecular weight excluding hydrogens is 362 g/mol. The highest BCUT2D eigenvalue weighted by molar-refractivity contribution is 6.03. The van der Waals surface area contributed by atoms with Gasteiger partial charge in [0, 0.05) is 28.9 Å². The van der Waals surface area contributed by atoms with Crippen LogP contribution in [0.15, 0.2) is 60.9 Å². The number of hydrogen-bond donors (Lipinski definition) is 2. The second-order valence-corrected chi connectivity index (χ2v) is 7.30. The van der Waals surface area contributed by atoms with Crippen molar-refractivity contribution < 1.29 is 4.79 Å². The zero-order chi connectivity index (χ0) is 20.0. The monoisotopic (exact) mass is 379 g/mol. The van der Waals surface area contributed by atoms with E-state index in [-0.39, 0.29) is 17.7 Å². The standard InChI is InChI=1S/C23H17N5O/c24-11-15-8-18(15)23(29)28-22-10-14-7-13(9-20(25)19(14)12-27-22)16-5-6-26-21-4-2-1-3-17(16)21/h1-7,9-10,12,15,18H,8,25H2,(H,27,28,29). The minimum absolute atomic E-state index is 0.160. The van der Waals surface area contributed by atoms with Crippen LogP contribution in [-0.4, -0.2) is 15.9 Å². The summed E-state index contributed by atoms with van der Waals surface area (Å²) < 4.78 is 0. The van der Waals surface area contributed by atoms with Gasteiger partial charge in [-0.15, -0.1) is 0 Å². The first kappa shape index (κ1) is 17.1. The number of hydrogen-bond acceptors (Lipinski definition) is 5. The molecule has 2 unspecified atom stereocenters. The van der Waals surface area contributed by atoms with Crippen LogP contribution in [0.1, 0.15) is 6.42 Å². The fraction of sp³-hybridized carbons (Fsp3) is 0.130. The summed E-state index contributed by atoms with van der Waals surface area (Å²) in [5, 5.41) is 14.5. The maximum atomic E-state index is 12.2. The van der Waals surface area contributed by atoms with Crippen molar-refractivity contribution >= 4 is 39.1 Å². The summed E-state index contributed by atoms with van der Waals surface area (Å²) in [5.74, 6) is -0.121. The highest BCUT2D eigenvalue weighted by Crippen LogP contribution is 2.39. The molecule has 0 aliphatic heterocycles. The predicted molar refractivity (Wildman–Crippen MR) is 113 cm³/mol. The third-order valence-corrected chi connectivity index (χ3v) is 5.37. The Morgan fingerprint density at radius 3 is 2.83 bits per heavy atom. The molecule has 0 radical (unpaired) electrons. The largest absolute Gasteiger partial charge is 0.398 e. The van der Waals surface area contributed by atoms with Crippen LogP contribution in [0.5, 0.6) is 0 Å². The van der Waals surface area contributed by atoms with Gasteiger partial charge in [-0.25, -0.2) is 4.98 Å². The maximum Gasteiger partial charge on any atom is 0.230 e. The minimum Gasteiger partial charge on any atom is -0.398 e. The van der Waals surface area contributed by atoms with Crippen molar-refractivity contribution in [3.63, 3.8) is 0 Å². The van der Waals surface area contributed by atoms with Crippen molar-refractivity contribution in [3.8, 4) is 17.2 Å². The number of pyridine rings is 2. The number of nitrogen functional groups attached to an aromatic ring is 1. The molecule has 2 atom stereocenters. The molecular formula is C23H17N5O. The first-order valence-corrected chi connectivity index (χ1v) is 9.38. The third kappa shape index (κ3) is 3.03. The van der Waals surface area contributed by atoms with Crippen molar-refractivity contribution in [1.29, 1.82) is 5.26 Å². The molecule has 5 rings (SSSR count). The molecule has 1 aliphatic carbocycles. The van der Waals surface area contributed by atoms with E-state index in [1.165, 1.54) is 0 Å². The highest BCUT2D eigenvalue weighted by atomic mass is 16.2. The third-order valence-electron chi connectivity index (χ3n) is 5.37. The van der Waals surface area contributed by atoms with E-state index in [4.69, 9.17) is 11.0 Å². The number of nitriles is 1. The zero-order valence-electron chi connectivity index (χ0n) is 15.5. The van der Waals surface area contributed by atoms with Crippen LogP contribution in [0.3, 0.4) is 0 Å². The number of carbonyl (C=O) groups is 1. The lowest BCUT2D eigenvalue weighted by Gasteiger charge is -2.11. The molecule has 4 aromatic rings. The van der Waals surface area contributed by atoms with Crippen molar-refractivity contribution in [1.82, 2.24) is 9.97 Å². The van der Waals surface area contributed by atoms with Crippen LogP contribution in [0.2, 0.25) is 0 Å². The average Bonchev–Trinajstić information content (AvgIpc) is 3.53. The second kappa shape index (κ2) is 6.57. The lowest BCUT2D eigenvalue weighted by molar-refractivity contribution is -0.117. The quantitative estimate of drug-likeness (QED) is 0.521. The van der Waals surface area contributed by atoms with Crippen LogP contribution in [-0.2, 0) is 4.79 Å². The molecule has 1 amide bonds. The van der Waals surface area contributed by atoms with Gasteiger partial charge in [-0.1, -0.05) is 18.2 Å². The van der Waals surface area contributed by atoms with E-state index in [1.807, 2.05) is 48.5 Å².